The molecule has 0 radical (unpaired) electrons. The highest BCUT2D eigenvalue weighted by atomic mass is 32.2. The lowest BCUT2D eigenvalue weighted by Crippen LogP contribution is -2.51. The van der Waals surface area contributed by atoms with Crippen LogP contribution in [0.15, 0.2) is 23.1 Å². The van der Waals surface area contributed by atoms with Gasteiger partial charge >= 0.3 is 0 Å². The Morgan fingerprint density at radius 2 is 1.96 bits per heavy atom. The van der Waals surface area contributed by atoms with Gasteiger partial charge in [0.2, 0.25) is 5.91 Å². The van der Waals surface area contributed by atoms with Crippen molar-refractivity contribution in [1.82, 2.24) is 10.6 Å². The Morgan fingerprint density at radius 3 is 2.63 bits per heavy atom. The Balaban J connectivity index is 1.78. The zero-order valence-corrected chi connectivity index (χ0v) is 17.3. The van der Waals surface area contributed by atoms with Gasteiger partial charge in [0.1, 0.15) is 0 Å². The van der Waals surface area contributed by atoms with Gasteiger partial charge in [-0.2, -0.15) is 0 Å². The SMILES string of the molecule is Cc1ccc(C)c(S(=O)(=O)C2(C(=O)NCCC3CCCNC3)CCCC2)c1. The van der Waals surface area contributed by atoms with Crippen LogP contribution in [0.2, 0.25) is 0 Å². The number of rotatable bonds is 6. The minimum Gasteiger partial charge on any atom is -0.355 e. The number of amides is 1. The van der Waals surface area contributed by atoms with E-state index in [0.717, 1.165) is 37.9 Å². The third-order valence-electron chi connectivity index (χ3n) is 6.21. The number of aryl methyl sites for hydroxylation is 2. The Labute approximate surface area is 163 Å². The quantitative estimate of drug-likeness (QED) is 0.781. The first-order valence-electron chi connectivity index (χ1n) is 10.2. The maximum atomic E-state index is 13.6. The number of carbonyl (C=O) groups is 1. The summed E-state index contributed by atoms with van der Waals surface area (Å²) in [6, 6.07) is 5.46. The van der Waals surface area contributed by atoms with Gasteiger partial charge in [0.05, 0.1) is 4.90 Å². The van der Waals surface area contributed by atoms with Crippen molar-refractivity contribution in [1.29, 1.82) is 0 Å². The first-order valence-corrected chi connectivity index (χ1v) is 11.7. The highest BCUT2D eigenvalue weighted by molar-refractivity contribution is 7.93. The second kappa shape index (κ2) is 8.31. The summed E-state index contributed by atoms with van der Waals surface area (Å²) in [5.41, 5.74) is 1.62. The number of piperidine rings is 1. The summed E-state index contributed by atoms with van der Waals surface area (Å²) in [6.07, 6.45) is 5.64. The Kier molecular flexibility index (Phi) is 6.26. The molecule has 1 aromatic rings. The standard InChI is InChI=1S/C21H32N2O3S/c1-16-7-8-17(2)19(14-16)27(25,26)21(10-3-4-11-21)20(24)23-13-9-18-6-5-12-22-15-18/h7-8,14,18,22H,3-6,9-13,15H2,1-2H3,(H,23,24). The Hall–Kier alpha value is -1.40. The normalized spacial score (nSPS) is 22.5. The number of carbonyl (C=O) groups excluding carboxylic acids is 1. The van der Waals surface area contributed by atoms with Crippen molar-refractivity contribution in [2.75, 3.05) is 19.6 Å². The van der Waals surface area contributed by atoms with Gasteiger partial charge in [-0.3, -0.25) is 4.79 Å². The minimum atomic E-state index is -3.73. The molecule has 1 aliphatic heterocycles. The lowest BCUT2D eigenvalue weighted by atomic mass is 9.96. The monoisotopic (exact) mass is 392 g/mol. The molecule has 1 unspecified atom stereocenters. The highest BCUT2D eigenvalue weighted by Gasteiger charge is 2.53. The summed E-state index contributed by atoms with van der Waals surface area (Å²) < 4.78 is 25.8. The van der Waals surface area contributed by atoms with Crippen molar-refractivity contribution in [2.45, 2.75) is 68.4 Å². The molecule has 2 N–H and O–H groups in total. The molecule has 1 heterocycles. The molecule has 1 saturated heterocycles. The van der Waals surface area contributed by atoms with Crippen LogP contribution in [0.25, 0.3) is 0 Å². The van der Waals surface area contributed by atoms with Crippen LogP contribution in [0.3, 0.4) is 0 Å². The molecule has 1 atom stereocenters. The van der Waals surface area contributed by atoms with E-state index in [0.29, 0.717) is 35.8 Å². The van der Waals surface area contributed by atoms with Crippen molar-refractivity contribution in [3.05, 3.63) is 29.3 Å². The molecule has 3 rings (SSSR count). The van der Waals surface area contributed by atoms with Crippen LogP contribution in [-0.2, 0) is 14.6 Å². The number of nitrogens with one attached hydrogen (secondary N) is 2. The molecule has 1 aliphatic carbocycles. The van der Waals surface area contributed by atoms with Gasteiger partial charge in [-0.25, -0.2) is 8.42 Å². The van der Waals surface area contributed by atoms with Gasteiger partial charge in [0.25, 0.3) is 0 Å². The third kappa shape index (κ3) is 4.06. The Morgan fingerprint density at radius 1 is 1.22 bits per heavy atom. The smallest absolute Gasteiger partial charge is 0.241 e. The van der Waals surface area contributed by atoms with E-state index in [1.54, 1.807) is 6.07 Å². The maximum Gasteiger partial charge on any atom is 0.241 e. The molecule has 5 nitrogen and oxygen atoms in total. The average Bonchev–Trinajstić information content (AvgIpc) is 3.16. The summed E-state index contributed by atoms with van der Waals surface area (Å²) in [7, 11) is -3.73. The fourth-order valence-corrected chi connectivity index (χ4v) is 6.89. The van der Waals surface area contributed by atoms with Gasteiger partial charge in [0, 0.05) is 6.54 Å². The maximum absolute atomic E-state index is 13.6. The summed E-state index contributed by atoms with van der Waals surface area (Å²) in [6.45, 7) is 6.30. The lowest BCUT2D eigenvalue weighted by molar-refractivity contribution is -0.123. The van der Waals surface area contributed by atoms with E-state index in [1.165, 1.54) is 12.8 Å². The second-order valence-electron chi connectivity index (χ2n) is 8.23. The van der Waals surface area contributed by atoms with E-state index in [1.807, 2.05) is 26.0 Å². The molecular weight excluding hydrogens is 360 g/mol. The van der Waals surface area contributed by atoms with E-state index >= 15 is 0 Å². The highest BCUT2D eigenvalue weighted by Crippen LogP contribution is 2.41. The zero-order chi connectivity index (χ0) is 19.5. The van der Waals surface area contributed by atoms with E-state index in [4.69, 9.17) is 0 Å². The molecule has 27 heavy (non-hydrogen) atoms. The van der Waals surface area contributed by atoms with Crippen LogP contribution >= 0.6 is 0 Å². The molecule has 0 spiro atoms. The van der Waals surface area contributed by atoms with Crippen molar-refractivity contribution in [3.8, 4) is 0 Å². The second-order valence-corrected chi connectivity index (χ2v) is 10.5. The number of sulfone groups is 1. The van der Waals surface area contributed by atoms with Gasteiger partial charge in [-0.05, 0) is 82.2 Å². The van der Waals surface area contributed by atoms with E-state index in [-0.39, 0.29) is 5.91 Å². The van der Waals surface area contributed by atoms with E-state index in [2.05, 4.69) is 10.6 Å². The van der Waals surface area contributed by atoms with Crippen molar-refractivity contribution >= 4 is 15.7 Å². The third-order valence-corrected chi connectivity index (χ3v) is 8.85. The fourth-order valence-electron chi connectivity index (χ4n) is 4.49. The van der Waals surface area contributed by atoms with E-state index < -0.39 is 14.6 Å². The van der Waals surface area contributed by atoms with Crippen molar-refractivity contribution < 1.29 is 13.2 Å². The fraction of sp³-hybridized carbons (Fsp3) is 0.667. The van der Waals surface area contributed by atoms with Gasteiger partial charge in [0.15, 0.2) is 14.6 Å². The first kappa shape index (κ1) is 20.3. The largest absolute Gasteiger partial charge is 0.355 e. The van der Waals surface area contributed by atoms with Crippen molar-refractivity contribution in [3.63, 3.8) is 0 Å². The summed E-state index contributed by atoms with van der Waals surface area (Å²) in [5.74, 6) is 0.263. The molecule has 2 fully saturated rings. The van der Waals surface area contributed by atoms with Crippen LogP contribution in [-0.4, -0.2) is 38.7 Å². The predicted molar refractivity (Wildman–Crippen MR) is 108 cm³/mol. The van der Waals surface area contributed by atoms with Crippen LogP contribution in [0.1, 0.15) is 56.1 Å². The van der Waals surface area contributed by atoms with Crippen LogP contribution in [0, 0.1) is 19.8 Å². The average molecular weight is 393 g/mol. The molecule has 1 saturated carbocycles. The van der Waals surface area contributed by atoms with Gasteiger partial charge in [-0.15, -0.1) is 0 Å². The Bertz CT molecular complexity index is 777. The zero-order valence-electron chi connectivity index (χ0n) is 16.5. The summed E-state index contributed by atoms with van der Waals surface area (Å²) in [5, 5.41) is 6.36. The molecule has 6 heteroatoms. The number of hydrogen-bond donors (Lipinski definition) is 2. The summed E-state index contributed by atoms with van der Waals surface area (Å²) >= 11 is 0. The predicted octanol–water partition coefficient (Wildman–Crippen LogP) is 2.90. The molecule has 1 amide bonds. The van der Waals surface area contributed by atoms with Crippen LogP contribution in [0.4, 0.5) is 0 Å². The van der Waals surface area contributed by atoms with Crippen LogP contribution < -0.4 is 10.6 Å². The molecule has 150 valence electrons. The first-order chi connectivity index (χ1) is 12.9. The molecular formula is C21H32N2O3S. The van der Waals surface area contributed by atoms with Crippen LogP contribution in [0.5, 0.6) is 0 Å². The molecule has 2 aliphatic rings. The van der Waals surface area contributed by atoms with Gasteiger partial charge < -0.3 is 10.6 Å². The van der Waals surface area contributed by atoms with E-state index in [9.17, 15) is 13.2 Å². The van der Waals surface area contributed by atoms with Crippen molar-refractivity contribution in [2.24, 2.45) is 5.92 Å². The lowest BCUT2D eigenvalue weighted by Gasteiger charge is -2.29. The molecule has 0 bridgehead atoms. The topological polar surface area (TPSA) is 75.3 Å². The molecule has 0 aromatic heterocycles. The minimum absolute atomic E-state index is 0.301. The van der Waals surface area contributed by atoms with Gasteiger partial charge in [-0.1, -0.05) is 25.0 Å². The number of benzene rings is 1. The molecule has 1 aromatic carbocycles. The summed E-state index contributed by atoms with van der Waals surface area (Å²) in [4.78, 5) is 13.4. The number of hydrogen-bond acceptors (Lipinski definition) is 4.